The molecule has 4 nitrogen and oxygen atoms in total. The summed E-state index contributed by atoms with van der Waals surface area (Å²) in [4.78, 5) is 9.07. The summed E-state index contributed by atoms with van der Waals surface area (Å²) in [6.07, 6.45) is 4.07. The Morgan fingerprint density at radius 2 is 2.05 bits per heavy atom. The molecule has 2 saturated carbocycles. The summed E-state index contributed by atoms with van der Waals surface area (Å²) in [6.45, 7) is 12.2. The topological polar surface area (TPSA) is 49.8 Å². The lowest BCUT2D eigenvalue weighted by molar-refractivity contribution is 0.155. The third kappa shape index (κ3) is 2.39. The Labute approximate surface area is 128 Å². The van der Waals surface area contributed by atoms with Crippen molar-refractivity contribution in [1.82, 2.24) is 9.97 Å². The molecule has 0 saturated heterocycles. The second-order valence-electron chi connectivity index (χ2n) is 7.74. The summed E-state index contributed by atoms with van der Waals surface area (Å²) in [7, 11) is 0. The molecule has 3 atom stereocenters. The molecular formula is C17H28N4. The van der Waals surface area contributed by atoms with Gasteiger partial charge in [0.05, 0.1) is 0 Å². The fourth-order valence-corrected chi connectivity index (χ4v) is 4.69. The third-order valence-corrected chi connectivity index (χ3v) is 5.75. The number of nitrogens with one attached hydrogen (secondary N) is 2. The van der Waals surface area contributed by atoms with Crippen LogP contribution >= 0.6 is 0 Å². The lowest BCUT2D eigenvalue weighted by atomic mass is 9.68. The normalized spacial score (nSPS) is 33.2. The summed E-state index contributed by atoms with van der Waals surface area (Å²) in [5, 5.41) is 6.97. The number of fused-ring (bicyclic) bond motifs is 2. The number of hydrogen-bond donors (Lipinski definition) is 2. The molecule has 0 aromatic carbocycles. The van der Waals surface area contributed by atoms with Crippen LogP contribution in [0.4, 0.5) is 11.8 Å². The first-order chi connectivity index (χ1) is 9.85. The molecule has 3 rings (SSSR count). The van der Waals surface area contributed by atoms with Gasteiger partial charge in [-0.3, -0.25) is 0 Å². The highest BCUT2D eigenvalue weighted by molar-refractivity contribution is 5.44. The maximum atomic E-state index is 4.63. The first-order valence-electron chi connectivity index (χ1n) is 8.21. The largest absolute Gasteiger partial charge is 0.366 e. The van der Waals surface area contributed by atoms with E-state index >= 15 is 0 Å². The minimum Gasteiger partial charge on any atom is -0.366 e. The summed E-state index contributed by atoms with van der Waals surface area (Å²) in [5.41, 5.74) is 1.75. The third-order valence-electron chi connectivity index (χ3n) is 5.75. The Bertz CT molecular complexity index is 535. The van der Waals surface area contributed by atoms with Crippen LogP contribution in [0.3, 0.4) is 0 Å². The van der Waals surface area contributed by atoms with Gasteiger partial charge in [0.2, 0.25) is 5.95 Å². The van der Waals surface area contributed by atoms with Gasteiger partial charge in [-0.25, -0.2) is 4.98 Å². The van der Waals surface area contributed by atoms with Crippen molar-refractivity contribution in [2.24, 2.45) is 16.7 Å². The average Bonchev–Trinajstić information content (AvgIpc) is 2.86. The van der Waals surface area contributed by atoms with Crippen LogP contribution in [0, 0.1) is 23.7 Å². The number of rotatable bonds is 4. The predicted octanol–water partition coefficient (Wildman–Crippen LogP) is 3.84. The Morgan fingerprint density at radius 1 is 1.29 bits per heavy atom. The van der Waals surface area contributed by atoms with Crippen molar-refractivity contribution in [2.45, 2.75) is 59.9 Å². The predicted molar refractivity (Wildman–Crippen MR) is 87.6 cm³/mol. The molecule has 2 bridgehead atoms. The number of aryl methyl sites for hydroxylation is 1. The Kier molecular flexibility index (Phi) is 3.38. The molecule has 2 fully saturated rings. The van der Waals surface area contributed by atoms with E-state index in [1.54, 1.807) is 0 Å². The van der Waals surface area contributed by atoms with Gasteiger partial charge in [0, 0.05) is 24.3 Å². The van der Waals surface area contributed by atoms with Crippen molar-refractivity contribution >= 4 is 11.8 Å². The molecule has 2 N–H and O–H groups in total. The van der Waals surface area contributed by atoms with Crippen molar-refractivity contribution < 1.29 is 0 Å². The van der Waals surface area contributed by atoms with Gasteiger partial charge in [0.25, 0.3) is 0 Å². The average molecular weight is 288 g/mol. The van der Waals surface area contributed by atoms with Crippen LogP contribution in [0.5, 0.6) is 0 Å². The zero-order chi connectivity index (χ0) is 15.3. The highest BCUT2D eigenvalue weighted by Crippen LogP contribution is 2.63. The zero-order valence-electron chi connectivity index (χ0n) is 14.0. The smallest absolute Gasteiger partial charge is 0.224 e. The maximum Gasteiger partial charge on any atom is 0.224 e. The van der Waals surface area contributed by atoms with Gasteiger partial charge in [-0.1, -0.05) is 20.8 Å². The molecular weight excluding hydrogens is 260 g/mol. The van der Waals surface area contributed by atoms with Gasteiger partial charge in [-0.2, -0.15) is 4.98 Å². The van der Waals surface area contributed by atoms with Gasteiger partial charge < -0.3 is 10.6 Å². The molecule has 21 heavy (non-hydrogen) atoms. The van der Waals surface area contributed by atoms with E-state index in [4.69, 9.17) is 0 Å². The summed E-state index contributed by atoms with van der Waals surface area (Å²) < 4.78 is 0. The van der Waals surface area contributed by atoms with E-state index in [0.717, 1.165) is 29.9 Å². The van der Waals surface area contributed by atoms with Crippen LogP contribution in [-0.2, 0) is 0 Å². The van der Waals surface area contributed by atoms with Crippen LogP contribution in [0.15, 0.2) is 6.07 Å². The minimum atomic E-state index is 0.338. The molecule has 0 spiro atoms. The second kappa shape index (κ2) is 4.85. The van der Waals surface area contributed by atoms with Gasteiger partial charge in [0.1, 0.15) is 5.82 Å². The fourth-order valence-electron chi connectivity index (χ4n) is 4.69. The number of nitrogens with zero attached hydrogens (tertiary/aromatic N) is 2. The molecule has 3 unspecified atom stereocenters. The van der Waals surface area contributed by atoms with E-state index in [2.05, 4.69) is 54.4 Å². The number of aromatic nitrogens is 2. The highest BCUT2D eigenvalue weighted by Gasteiger charge is 2.59. The lowest BCUT2D eigenvalue weighted by Gasteiger charge is -2.43. The summed E-state index contributed by atoms with van der Waals surface area (Å²) in [5.74, 6) is 2.53. The molecule has 0 radical (unpaired) electrons. The van der Waals surface area contributed by atoms with Gasteiger partial charge >= 0.3 is 0 Å². The molecule has 4 heteroatoms. The van der Waals surface area contributed by atoms with Crippen molar-refractivity contribution in [3.05, 3.63) is 11.8 Å². The monoisotopic (exact) mass is 288 g/mol. The molecule has 0 aliphatic heterocycles. The standard InChI is InChI=1S/C17H28N4/c1-6-18-15-19-11(2)9-13(21-15)20-14-16(3,4)12-7-8-17(14,5)10-12/h9,12,14H,6-8,10H2,1-5H3,(H2,18,19,20,21). The van der Waals surface area contributed by atoms with Crippen molar-refractivity contribution in [1.29, 1.82) is 0 Å². The van der Waals surface area contributed by atoms with Gasteiger partial charge in [-0.15, -0.1) is 0 Å². The van der Waals surface area contributed by atoms with E-state index in [1.165, 1.54) is 19.3 Å². The molecule has 1 aromatic rings. The number of hydrogen-bond acceptors (Lipinski definition) is 4. The summed E-state index contributed by atoms with van der Waals surface area (Å²) >= 11 is 0. The lowest BCUT2D eigenvalue weighted by Crippen LogP contribution is -2.46. The maximum absolute atomic E-state index is 4.63. The van der Waals surface area contributed by atoms with Crippen molar-refractivity contribution in [3.63, 3.8) is 0 Å². The SMILES string of the molecule is CCNc1nc(C)cc(NC2C3(C)CCC(C3)C2(C)C)n1. The van der Waals surface area contributed by atoms with E-state index in [-0.39, 0.29) is 0 Å². The summed E-state index contributed by atoms with van der Waals surface area (Å²) in [6, 6.07) is 2.55. The van der Waals surface area contributed by atoms with Gasteiger partial charge in [-0.05, 0) is 49.9 Å². The first-order valence-corrected chi connectivity index (χ1v) is 8.21. The first kappa shape index (κ1) is 14.6. The Balaban J connectivity index is 1.86. The van der Waals surface area contributed by atoms with Crippen LogP contribution in [0.1, 0.15) is 52.7 Å². The van der Waals surface area contributed by atoms with Crippen LogP contribution in [0.25, 0.3) is 0 Å². The minimum absolute atomic E-state index is 0.338. The highest BCUT2D eigenvalue weighted by atomic mass is 15.2. The van der Waals surface area contributed by atoms with Crippen LogP contribution in [0.2, 0.25) is 0 Å². The van der Waals surface area contributed by atoms with E-state index < -0.39 is 0 Å². The Morgan fingerprint density at radius 3 is 2.67 bits per heavy atom. The molecule has 2 aliphatic carbocycles. The molecule has 0 amide bonds. The van der Waals surface area contributed by atoms with E-state index in [0.29, 0.717) is 16.9 Å². The fraction of sp³-hybridized carbons (Fsp3) is 0.765. The zero-order valence-corrected chi connectivity index (χ0v) is 14.0. The molecule has 1 aromatic heterocycles. The van der Waals surface area contributed by atoms with Crippen LogP contribution in [-0.4, -0.2) is 22.6 Å². The molecule has 116 valence electrons. The van der Waals surface area contributed by atoms with E-state index in [1.807, 2.05) is 6.92 Å². The Hall–Kier alpha value is -1.32. The van der Waals surface area contributed by atoms with Crippen LogP contribution < -0.4 is 10.6 Å². The second-order valence-corrected chi connectivity index (χ2v) is 7.74. The quantitative estimate of drug-likeness (QED) is 0.883. The molecule has 1 heterocycles. The number of anilines is 2. The van der Waals surface area contributed by atoms with Crippen molar-refractivity contribution in [2.75, 3.05) is 17.2 Å². The van der Waals surface area contributed by atoms with Crippen molar-refractivity contribution in [3.8, 4) is 0 Å². The molecule has 2 aliphatic rings. The van der Waals surface area contributed by atoms with E-state index in [9.17, 15) is 0 Å². The van der Waals surface area contributed by atoms with Gasteiger partial charge in [0.15, 0.2) is 0 Å².